The maximum atomic E-state index is 13.1. The molecule has 2 unspecified atom stereocenters. The largest absolute Gasteiger partial charge is 0.508 e. The van der Waals surface area contributed by atoms with E-state index in [0.717, 1.165) is 11.6 Å². The Morgan fingerprint density at radius 2 is 1.83 bits per heavy atom. The number of aliphatic hydroxyl groups is 2. The number of rotatable bonds is 7. The van der Waals surface area contributed by atoms with Crippen molar-refractivity contribution in [3.05, 3.63) is 41.7 Å². The van der Waals surface area contributed by atoms with Gasteiger partial charge in [-0.3, -0.25) is 4.79 Å². The second-order valence-corrected chi connectivity index (χ2v) is 13.2. The number of carbonyl (C=O) groups excluding carboxylic acids is 2. The Hall–Kier alpha value is -2.66. The van der Waals surface area contributed by atoms with E-state index in [1.807, 2.05) is 26.8 Å². The number of aliphatic hydroxyl groups excluding tert-OH is 1. The van der Waals surface area contributed by atoms with Crippen molar-refractivity contribution < 1.29 is 48.6 Å². The topological polar surface area (TPSA) is 141 Å². The smallest absolute Gasteiger partial charge is 0.334 e. The molecule has 0 aromatic heterocycles. The van der Waals surface area contributed by atoms with Crippen LogP contribution in [-0.4, -0.2) is 70.2 Å². The first-order valence-electron chi connectivity index (χ1n) is 14.8. The zero-order valence-corrected chi connectivity index (χ0v) is 25.7. The lowest BCUT2D eigenvalue weighted by Crippen LogP contribution is -2.65. The number of fused-ring (bicyclic) bond motifs is 2. The fourth-order valence-corrected chi connectivity index (χ4v) is 6.72. The predicted molar refractivity (Wildman–Crippen MR) is 152 cm³/mol. The summed E-state index contributed by atoms with van der Waals surface area (Å²) in [7, 11) is 1.64. The van der Waals surface area contributed by atoms with Gasteiger partial charge in [0.05, 0.1) is 37.2 Å². The Morgan fingerprint density at radius 3 is 2.48 bits per heavy atom. The van der Waals surface area contributed by atoms with E-state index in [-0.39, 0.29) is 48.7 Å². The van der Waals surface area contributed by atoms with Gasteiger partial charge in [0.25, 0.3) is 0 Å². The summed E-state index contributed by atoms with van der Waals surface area (Å²) in [5.74, 6) is -2.83. The van der Waals surface area contributed by atoms with Gasteiger partial charge in [0.15, 0.2) is 0 Å². The first-order valence-corrected chi connectivity index (χ1v) is 14.8. The van der Waals surface area contributed by atoms with Crippen LogP contribution in [0.25, 0.3) is 0 Å². The average Bonchev–Trinajstić information content (AvgIpc) is 2.88. The summed E-state index contributed by atoms with van der Waals surface area (Å²) >= 11 is 0. The van der Waals surface area contributed by atoms with Gasteiger partial charge in [-0.2, -0.15) is 0 Å². The minimum absolute atomic E-state index is 0.00565. The zero-order chi connectivity index (χ0) is 31.0. The van der Waals surface area contributed by atoms with E-state index >= 15 is 0 Å². The summed E-state index contributed by atoms with van der Waals surface area (Å²) in [5, 5.41) is 31.5. The number of ether oxygens (including phenoxy) is 5. The second kappa shape index (κ2) is 12.1. The number of hydrogen-bond donors (Lipinski definition) is 3. The SMILES string of the molecule is CO[C@@H](CC[C@H](C)[C@H]1OC23C[C@H](OC(=O)CC([C@@H](C)O)OC(=O)/C=C(\O2)[C@](C)(O)CC3(C)C)[C@@H]1C)c1cccc(O)c1. The number of aromatic hydroxyl groups is 1. The molecule has 3 aliphatic rings. The van der Waals surface area contributed by atoms with Crippen LogP contribution in [0.2, 0.25) is 0 Å². The van der Waals surface area contributed by atoms with Gasteiger partial charge < -0.3 is 39.0 Å². The average molecular weight is 591 g/mol. The Balaban J connectivity index is 1.68. The molecule has 3 N–H and O–H groups in total. The standard InChI is InChI=1S/C32H46O10/c1-18(11-12-23(38-7)21-9-8-10-22(34)13-21)29-19(2)25-16-32(42-29)30(4,5)17-31(6,37)26(41-32)15-28(36)39-24(20(3)33)14-27(35)40-25/h8-10,13,15,18-20,23-25,29,33-34,37H,11-12,14,16-17H2,1-7H3/b26-15-/t18-,19-,20+,23-,24?,25-,29+,31+,32?/m0/s1. The summed E-state index contributed by atoms with van der Waals surface area (Å²) < 4.78 is 30.5. The van der Waals surface area contributed by atoms with Crippen molar-refractivity contribution in [1.82, 2.24) is 0 Å². The molecule has 10 nitrogen and oxygen atoms in total. The van der Waals surface area contributed by atoms with Crippen LogP contribution < -0.4 is 0 Å². The van der Waals surface area contributed by atoms with E-state index < -0.39 is 53.2 Å². The molecule has 4 rings (SSSR count). The Kier molecular flexibility index (Phi) is 9.33. The molecule has 0 amide bonds. The quantitative estimate of drug-likeness (QED) is 0.394. The third kappa shape index (κ3) is 6.61. The van der Waals surface area contributed by atoms with Gasteiger partial charge in [-0.1, -0.05) is 39.8 Å². The lowest BCUT2D eigenvalue weighted by Gasteiger charge is -2.59. The van der Waals surface area contributed by atoms with Gasteiger partial charge >= 0.3 is 11.9 Å². The second-order valence-electron chi connectivity index (χ2n) is 13.2. The molecule has 3 bridgehead atoms. The number of benzene rings is 1. The summed E-state index contributed by atoms with van der Waals surface area (Å²) in [6.07, 6.45) is -0.974. The van der Waals surface area contributed by atoms with E-state index in [0.29, 0.717) is 12.8 Å². The van der Waals surface area contributed by atoms with Crippen LogP contribution in [0.1, 0.15) is 85.3 Å². The van der Waals surface area contributed by atoms with E-state index in [4.69, 9.17) is 23.7 Å². The van der Waals surface area contributed by atoms with E-state index in [2.05, 4.69) is 6.92 Å². The molecule has 2 saturated heterocycles. The molecule has 3 aliphatic heterocycles. The monoisotopic (exact) mass is 590 g/mol. The van der Waals surface area contributed by atoms with Crippen molar-refractivity contribution >= 4 is 11.9 Å². The minimum atomic E-state index is -1.50. The van der Waals surface area contributed by atoms with Crippen molar-refractivity contribution in [1.29, 1.82) is 0 Å². The summed E-state index contributed by atoms with van der Waals surface area (Å²) in [6.45, 7) is 10.9. The van der Waals surface area contributed by atoms with Crippen LogP contribution in [0.5, 0.6) is 5.75 Å². The number of cyclic esters (lactones) is 1. The molecule has 0 saturated carbocycles. The van der Waals surface area contributed by atoms with Crippen LogP contribution in [-0.2, 0) is 33.3 Å². The number of phenols is 1. The van der Waals surface area contributed by atoms with Gasteiger partial charge in [-0.15, -0.1) is 0 Å². The number of carbonyl (C=O) groups is 2. The fourth-order valence-electron chi connectivity index (χ4n) is 6.72. The third-order valence-corrected chi connectivity index (χ3v) is 9.20. The summed E-state index contributed by atoms with van der Waals surface area (Å²) in [5.41, 5.74) is -1.37. The van der Waals surface area contributed by atoms with Crippen LogP contribution in [0.3, 0.4) is 0 Å². The molecule has 1 aromatic rings. The molecule has 42 heavy (non-hydrogen) atoms. The van der Waals surface area contributed by atoms with Crippen LogP contribution in [0, 0.1) is 17.3 Å². The van der Waals surface area contributed by atoms with Crippen molar-refractivity contribution in [3.63, 3.8) is 0 Å². The normalized spacial score (nSPS) is 36.5. The van der Waals surface area contributed by atoms with Crippen molar-refractivity contribution in [2.45, 2.75) is 116 Å². The Morgan fingerprint density at radius 1 is 1.12 bits per heavy atom. The van der Waals surface area contributed by atoms with Crippen LogP contribution >= 0.6 is 0 Å². The van der Waals surface area contributed by atoms with Crippen LogP contribution in [0.15, 0.2) is 36.1 Å². The molecule has 10 heteroatoms. The lowest BCUT2D eigenvalue weighted by molar-refractivity contribution is -0.371. The molecule has 0 aliphatic carbocycles. The highest BCUT2D eigenvalue weighted by Crippen LogP contribution is 2.56. The van der Waals surface area contributed by atoms with E-state index in [1.165, 1.54) is 6.92 Å². The number of esters is 2. The predicted octanol–water partition coefficient (Wildman–Crippen LogP) is 4.31. The highest BCUT2D eigenvalue weighted by molar-refractivity contribution is 5.83. The zero-order valence-electron chi connectivity index (χ0n) is 25.7. The highest BCUT2D eigenvalue weighted by atomic mass is 16.7. The van der Waals surface area contributed by atoms with Gasteiger partial charge in [0, 0.05) is 18.4 Å². The molecule has 0 radical (unpaired) electrons. The molecular weight excluding hydrogens is 544 g/mol. The minimum Gasteiger partial charge on any atom is -0.508 e. The molecule has 9 atom stereocenters. The van der Waals surface area contributed by atoms with Gasteiger partial charge in [-0.05, 0) is 56.7 Å². The van der Waals surface area contributed by atoms with Gasteiger partial charge in [0.1, 0.15) is 29.3 Å². The molecule has 1 aromatic carbocycles. The fraction of sp³-hybridized carbons (Fsp3) is 0.688. The number of methoxy groups -OCH3 is 1. The Labute approximate surface area is 247 Å². The first kappa shape index (κ1) is 32.3. The Bertz CT molecular complexity index is 1170. The third-order valence-electron chi connectivity index (χ3n) is 9.20. The van der Waals surface area contributed by atoms with Crippen molar-refractivity contribution in [2.75, 3.05) is 7.11 Å². The number of hydrogen-bond acceptors (Lipinski definition) is 10. The van der Waals surface area contributed by atoms with Crippen molar-refractivity contribution in [2.24, 2.45) is 17.3 Å². The van der Waals surface area contributed by atoms with Crippen LogP contribution in [0.4, 0.5) is 0 Å². The molecule has 3 heterocycles. The van der Waals surface area contributed by atoms with Gasteiger partial charge in [-0.25, -0.2) is 4.79 Å². The molecular formula is C32H46O10. The highest BCUT2D eigenvalue weighted by Gasteiger charge is 2.63. The maximum Gasteiger partial charge on any atom is 0.334 e. The molecule has 1 spiro atoms. The number of phenolic OH excluding ortho intramolecular Hbond substituents is 1. The maximum absolute atomic E-state index is 13.1. The van der Waals surface area contributed by atoms with E-state index in [1.54, 1.807) is 32.2 Å². The van der Waals surface area contributed by atoms with Crippen molar-refractivity contribution in [3.8, 4) is 5.75 Å². The van der Waals surface area contributed by atoms with E-state index in [9.17, 15) is 24.9 Å². The van der Waals surface area contributed by atoms with Gasteiger partial charge in [0.2, 0.25) is 5.79 Å². The first-order chi connectivity index (χ1) is 19.6. The summed E-state index contributed by atoms with van der Waals surface area (Å²) in [6, 6.07) is 7.00. The molecule has 2 fully saturated rings. The summed E-state index contributed by atoms with van der Waals surface area (Å²) in [4.78, 5) is 26.0. The molecule has 234 valence electrons. The lowest BCUT2D eigenvalue weighted by atomic mass is 9.66.